The first-order chi connectivity index (χ1) is 9.81. The summed E-state index contributed by atoms with van der Waals surface area (Å²) >= 11 is 0. The number of phenolic OH excluding ortho intramolecular Hbond substituents is 1. The van der Waals surface area contributed by atoms with Crippen molar-refractivity contribution in [1.82, 2.24) is 0 Å². The second-order valence-corrected chi connectivity index (χ2v) is 5.53. The smallest absolute Gasteiger partial charge is 0.115 e. The van der Waals surface area contributed by atoms with Gasteiger partial charge in [-0.1, -0.05) is 24.3 Å². The van der Waals surface area contributed by atoms with Gasteiger partial charge in [-0.25, -0.2) is 0 Å². The van der Waals surface area contributed by atoms with E-state index in [0.29, 0.717) is 5.75 Å². The maximum absolute atomic E-state index is 9.27. The summed E-state index contributed by atoms with van der Waals surface area (Å²) in [6.45, 7) is 2.40. The van der Waals surface area contributed by atoms with Crippen molar-refractivity contribution in [3.05, 3.63) is 59.7 Å². The number of aryl methyl sites for hydroxylation is 2. The predicted octanol–water partition coefficient (Wildman–Crippen LogP) is 3.78. The Hall–Kier alpha value is -1.96. The highest BCUT2D eigenvalue weighted by Gasteiger charge is 2.11. The number of aromatic hydroxyl groups is 1. The summed E-state index contributed by atoms with van der Waals surface area (Å²) in [5.41, 5.74) is 4.00. The molecule has 0 bridgehead atoms. The van der Waals surface area contributed by atoms with Crippen LogP contribution in [0.4, 0.5) is 5.69 Å². The molecular weight excluding hydrogens is 246 g/mol. The highest BCUT2D eigenvalue weighted by Crippen LogP contribution is 2.21. The van der Waals surface area contributed by atoms with E-state index in [9.17, 15) is 5.11 Å². The number of hydrogen-bond donors (Lipinski definition) is 1. The number of anilines is 1. The molecule has 0 amide bonds. The second kappa shape index (κ2) is 6.00. The van der Waals surface area contributed by atoms with E-state index in [1.807, 2.05) is 12.1 Å². The largest absolute Gasteiger partial charge is 0.508 e. The average molecular weight is 267 g/mol. The van der Waals surface area contributed by atoms with Crippen LogP contribution in [-0.4, -0.2) is 18.2 Å². The lowest BCUT2D eigenvalue weighted by Crippen LogP contribution is -2.17. The van der Waals surface area contributed by atoms with Crippen LogP contribution >= 0.6 is 0 Å². The normalized spacial score (nSPS) is 14.7. The lowest BCUT2D eigenvalue weighted by molar-refractivity contribution is 0.475. The van der Waals surface area contributed by atoms with Gasteiger partial charge in [0.05, 0.1) is 0 Å². The van der Waals surface area contributed by atoms with E-state index in [2.05, 4.69) is 29.2 Å². The fraction of sp³-hybridized carbons (Fsp3) is 0.333. The summed E-state index contributed by atoms with van der Waals surface area (Å²) in [5.74, 6) is 0.337. The molecular formula is C18H21NO. The number of phenols is 1. The predicted molar refractivity (Wildman–Crippen MR) is 83.4 cm³/mol. The van der Waals surface area contributed by atoms with Crippen LogP contribution in [0.1, 0.15) is 24.0 Å². The summed E-state index contributed by atoms with van der Waals surface area (Å²) in [6.07, 6.45) is 4.71. The molecule has 3 rings (SSSR count). The SMILES string of the molecule is Oc1ccc(CCc2ccc(N3CCCC3)cc2)cc1. The molecule has 0 unspecified atom stereocenters. The van der Waals surface area contributed by atoms with Crippen molar-refractivity contribution in [2.75, 3.05) is 18.0 Å². The number of benzene rings is 2. The highest BCUT2D eigenvalue weighted by molar-refractivity contribution is 5.48. The zero-order chi connectivity index (χ0) is 13.8. The zero-order valence-corrected chi connectivity index (χ0v) is 11.8. The number of rotatable bonds is 4. The Morgan fingerprint density at radius 3 is 1.80 bits per heavy atom. The van der Waals surface area contributed by atoms with E-state index in [-0.39, 0.29) is 0 Å². The molecule has 2 heteroatoms. The van der Waals surface area contributed by atoms with Crippen molar-refractivity contribution in [3.63, 3.8) is 0 Å². The van der Waals surface area contributed by atoms with Gasteiger partial charge in [-0.05, 0) is 61.1 Å². The molecule has 1 fully saturated rings. The van der Waals surface area contributed by atoms with Crippen molar-refractivity contribution < 1.29 is 5.11 Å². The van der Waals surface area contributed by atoms with Crippen LogP contribution in [0.25, 0.3) is 0 Å². The molecule has 1 heterocycles. The van der Waals surface area contributed by atoms with Gasteiger partial charge in [0.25, 0.3) is 0 Å². The minimum atomic E-state index is 0.337. The Kier molecular flexibility index (Phi) is 3.91. The summed E-state index contributed by atoms with van der Waals surface area (Å²) in [4.78, 5) is 2.46. The minimum Gasteiger partial charge on any atom is -0.508 e. The Balaban J connectivity index is 1.59. The van der Waals surface area contributed by atoms with E-state index < -0.39 is 0 Å². The monoisotopic (exact) mass is 267 g/mol. The van der Waals surface area contributed by atoms with Gasteiger partial charge in [0, 0.05) is 18.8 Å². The highest BCUT2D eigenvalue weighted by atomic mass is 16.3. The van der Waals surface area contributed by atoms with E-state index in [1.54, 1.807) is 12.1 Å². The Bertz CT molecular complexity index is 539. The van der Waals surface area contributed by atoms with E-state index >= 15 is 0 Å². The molecule has 1 aliphatic rings. The average Bonchev–Trinajstić information content (AvgIpc) is 3.01. The second-order valence-electron chi connectivity index (χ2n) is 5.53. The number of nitrogens with zero attached hydrogens (tertiary/aromatic N) is 1. The molecule has 1 N–H and O–H groups in total. The fourth-order valence-electron chi connectivity index (χ4n) is 2.80. The topological polar surface area (TPSA) is 23.5 Å². The third-order valence-electron chi connectivity index (χ3n) is 4.05. The molecule has 0 atom stereocenters. The van der Waals surface area contributed by atoms with Gasteiger partial charge in [-0.2, -0.15) is 0 Å². The first-order valence-electron chi connectivity index (χ1n) is 7.43. The van der Waals surface area contributed by atoms with Crippen molar-refractivity contribution in [3.8, 4) is 5.75 Å². The van der Waals surface area contributed by atoms with Gasteiger partial charge in [0.15, 0.2) is 0 Å². The van der Waals surface area contributed by atoms with Gasteiger partial charge < -0.3 is 10.0 Å². The standard InChI is InChI=1S/C18H21NO/c20-18-11-7-16(8-12-18)4-3-15-5-9-17(10-6-15)19-13-1-2-14-19/h5-12,20H,1-4,13-14H2. The molecule has 0 aliphatic carbocycles. The molecule has 104 valence electrons. The van der Waals surface area contributed by atoms with Crippen molar-refractivity contribution >= 4 is 5.69 Å². The van der Waals surface area contributed by atoms with Crippen LogP contribution in [-0.2, 0) is 12.8 Å². The lowest BCUT2D eigenvalue weighted by atomic mass is 10.0. The molecule has 0 spiro atoms. The maximum Gasteiger partial charge on any atom is 0.115 e. The first-order valence-corrected chi connectivity index (χ1v) is 7.43. The summed E-state index contributed by atoms with van der Waals surface area (Å²) in [7, 11) is 0. The van der Waals surface area contributed by atoms with Crippen LogP contribution in [0, 0.1) is 0 Å². The van der Waals surface area contributed by atoms with Gasteiger partial charge in [0.2, 0.25) is 0 Å². The van der Waals surface area contributed by atoms with Crippen LogP contribution < -0.4 is 4.90 Å². The van der Waals surface area contributed by atoms with Gasteiger partial charge >= 0.3 is 0 Å². The van der Waals surface area contributed by atoms with Crippen molar-refractivity contribution in [2.45, 2.75) is 25.7 Å². The summed E-state index contributed by atoms with van der Waals surface area (Å²) < 4.78 is 0. The molecule has 0 saturated carbocycles. The van der Waals surface area contributed by atoms with Crippen LogP contribution in [0.3, 0.4) is 0 Å². The lowest BCUT2D eigenvalue weighted by Gasteiger charge is -2.17. The molecule has 2 nitrogen and oxygen atoms in total. The fourth-order valence-corrected chi connectivity index (χ4v) is 2.80. The quantitative estimate of drug-likeness (QED) is 0.911. The molecule has 1 saturated heterocycles. The number of hydrogen-bond acceptors (Lipinski definition) is 2. The van der Waals surface area contributed by atoms with E-state index in [1.165, 1.54) is 42.7 Å². The Morgan fingerprint density at radius 1 is 0.750 bits per heavy atom. The first kappa shape index (κ1) is 13.0. The molecule has 0 radical (unpaired) electrons. The minimum absolute atomic E-state index is 0.337. The third kappa shape index (κ3) is 3.13. The van der Waals surface area contributed by atoms with Crippen LogP contribution in [0.5, 0.6) is 5.75 Å². The molecule has 2 aromatic carbocycles. The molecule has 20 heavy (non-hydrogen) atoms. The maximum atomic E-state index is 9.27. The van der Waals surface area contributed by atoms with Gasteiger partial charge in [-0.15, -0.1) is 0 Å². The third-order valence-corrected chi connectivity index (χ3v) is 4.05. The van der Waals surface area contributed by atoms with Crippen molar-refractivity contribution in [2.24, 2.45) is 0 Å². The van der Waals surface area contributed by atoms with Crippen molar-refractivity contribution in [1.29, 1.82) is 0 Å². The molecule has 1 aliphatic heterocycles. The van der Waals surface area contributed by atoms with Gasteiger partial charge in [-0.3, -0.25) is 0 Å². The van der Waals surface area contributed by atoms with Crippen LogP contribution in [0.2, 0.25) is 0 Å². The molecule has 0 aromatic heterocycles. The van der Waals surface area contributed by atoms with E-state index in [0.717, 1.165) is 12.8 Å². The Morgan fingerprint density at radius 2 is 1.25 bits per heavy atom. The summed E-state index contributed by atoms with van der Waals surface area (Å²) in [5, 5.41) is 9.27. The van der Waals surface area contributed by atoms with Gasteiger partial charge in [0.1, 0.15) is 5.75 Å². The Labute approximate surface area is 120 Å². The summed E-state index contributed by atoms with van der Waals surface area (Å²) in [6, 6.07) is 16.5. The van der Waals surface area contributed by atoms with Crippen LogP contribution in [0.15, 0.2) is 48.5 Å². The van der Waals surface area contributed by atoms with E-state index in [4.69, 9.17) is 0 Å². The molecule has 2 aromatic rings. The zero-order valence-electron chi connectivity index (χ0n) is 11.8.